The van der Waals surface area contributed by atoms with Gasteiger partial charge in [0, 0.05) is 32.6 Å². The maximum Gasteiger partial charge on any atom is 0.255 e. The van der Waals surface area contributed by atoms with E-state index in [1.165, 1.54) is 0 Å². The lowest BCUT2D eigenvalue weighted by atomic mass is 10.1. The van der Waals surface area contributed by atoms with E-state index < -0.39 is 0 Å². The van der Waals surface area contributed by atoms with Gasteiger partial charge in [0.1, 0.15) is 0 Å². The van der Waals surface area contributed by atoms with Crippen LogP contribution in [0.15, 0.2) is 36.7 Å². The van der Waals surface area contributed by atoms with Gasteiger partial charge in [-0.3, -0.25) is 4.79 Å². The largest absolute Gasteiger partial charge is 0.454 e. The summed E-state index contributed by atoms with van der Waals surface area (Å²) in [6, 6.07) is 7.39. The Morgan fingerprint density at radius 2 is 1.79 bits per heavy atom. The quantitative estimate of drug-likeness (QED) is 0.826. The van der Waals surface area contributed by atoms with E-state index in [1.54, 1.807) is 25.1 Å². The summed E-state index contributed by atoms with van der Waals surface area (Å²) in [7, 11) is 3.46. The predicted molar refractivity (Wildman–Crippen MR) is 69.9 cm³/mol. The highest BCUT2D eigenvalue weighted by molar-refractivity contribution is 5.98. The number of fused-ring (bicyclic) bond motifs is 1. The molecule has 0 bridgehead atoms. The van der Waals surface area contributed by atoms with E-state index in [4.69, 9.17) is 9.47 Å². The Morgan fingerprint density at radius 1 is 1.16 bits per heavy atom. The van der Waals surface area contributed by atoms with E-state index in [9.17, 15) is 4.79 Å². The van der Waals surface area contributed by atoms with Crippen LogP contribution < -0.4 is 9.47 Å². The summed E-state index contributed by atoms with van der Waals surface area (Å²) in [5.74, 6) is 1.21. The number of hydrogen-bond donors (Lipinski definition) is 0. The molecule has 3 rings (SSSR count). The number of hydrogen-bond acceptors (Lipinski definition) is 3. The fraction of sp³-hybridized carbons (Fsp3) is 0.214. The smallest absolute Gasteiger partial charge is 0.255 e. The maximum atomic E-state index is 12.3. The minimum atomic E-state index is -0.0676. The minimum Gasteiger partial charge on any atom is -0.454 e. The number of carbonyl (C=O) groups is 1. The van der Waals surface area contributed by atoms with Crippen LogP contribution in [0.4, 0.5) is 0 Å². The number of rotatable bonds is 2. The zero-order chi connectivity index (χ0) is 13.4. The normalized spacial score (nSPS) is 12.5. The molecule has 0 saturated carbocycles. The first-order valence-electron chi connectivity index (χ1n) is 5.95. The van der Waals surface area contributed by atoms with E-state index >= 15 is 0 Å². The van der Waals surface area contributed by atoms with E-state index in [0.717, 1.165) is 5.69 Å². The number of benzene rings is 1. The van der Waals surface area contributed by atoms with Crippen LogP contribution in [0.1, 0.15) is 10.4 Å². The molecule has 0 spiro atoms. The topological polar surface area (TPSA) is 43.7 Å². The molecule has 1 aliphatic heterocycles. The van der Waals surface area contributed by atoms with Crippen LogP contribution in [-0.2, 0) is 0 Å². The first kappa shape index (κ1) is 11.6. The lowest BCUT2D eigenvalue weighted by molar-refractivity contribution is 0.0827. The molecule has 1 aromatic carbocycles. The van der Waals surface area contributed by atoms with Gasteiger partial charge in [-0.1, -0.05) is 0 Å². The van der Waals surface area contributed by atoms with Gasteiger partial charge in [-0.15, -0.1) is 0 Å². The Bertz CT molecular complexity index is 618. The van der Waals surface area contributed by atoms with Crippen LogP contribution in [-0.4, -0.2) is 36.3 Å². The van der Waals surface area contributed by atoms with Crippen molar-refractivity contribution in [1.82, 2.24) is 9.47 Å². The highest BCUT2D eigenvalue weighted by atomic mass is 16.7. The maximum absolute atomic E-state index is 12.3. The van der Waals surface area contributed by atoms with Crippen molar-refractivity contribution >= 4 is 5.91 Å². The summed E-state index contributed by atoms with van der Waals surface area (Å²) in [6.45, 7) is 0.195. The predicted octanol–water partition coefficient (Wildman–Crippen LogP) is 1.91. The molecular formula is C14H14N2O3. The van der Waals surface area contributed by atoms with E-state index in [1.807, 2.05) is 35.2 Å². The minimum absolute atomic E-state index is 0.0676. The SMILES string of the molecule is CN(C)C(=O)c1cc2c(cc1-n1cccc1)OCO2. The van der Waals surface area contributed by atoms with Gasteiger partial charge in [-0.2, -0.15) is 0 Å². The monoisotopic (exact) mass is 258 g/mol. The van der Waals surface area contributed by atoms with Gasteiger partial charge >= 0.3 is 0 Å². The van der Waals surface area contributed by atoms with Crippen molar-refractivity contribution in [3.05, 3.63) is 42.2 Å². The second kappa shape index (κ2) is 4.35. The number of nitrogens with zero attached hydrogens (tertiary/aromatic N) is 2. The van der Waals surface area contributed by atoms with Crippen molar-refractivity contribution in [2.45, 2.75) is 0 Å². The van der Waals surface area contributed by atoms with Crippen molar-refractivity contribution < 1.29 is 14.3 Å². The summed E-state index contributed by atoms with van der Waals surface area (Å²) < 4.78 is 12.6. The van der Waals surface area contributed by atoms with Gasteiger partial charge in [0.15, 0.2) is 11.5 Å². The van der Waals surface area contributed by atoms with Gasteiger partial charge in [0.25, 0.3) is 5.91 Å². The molecule has 1 amide bonds. The molecule has 5 nitrogen and oxygen atoms in total. The van der Waals surface area contributed by atoms with Gasteiger partial charge in [-0.05, 0) is 18.2 Å². The molecule has 0 atom stereocenters. The lowest BCUT2D eigenvalue weighted by Gasteiger charge is -2.15. The Hall–Kier alpha value is -2.43. The zero-order valence-corrected chi connectivity index (χ0v) is 10.8. The molecule has 0 unspecified atom stereocenters. The van der Waals surface area contributed by atoms with Crippen molar-refractivity contribution in [2.24, 2.45) is 0 Å². The molecule has 2 aromatic rings. The van der Waals surface area contributed by atoms with Gasteiger partial charge < -0.3 is 18.9 Å². The third kappa shape index (κ3) is 1.93. The molecule has 0 N–H and O–H groups in total. The summed E-state index contributed by atoms with van der Waals surface area (Å²) in [4.78, 5) is 13.8. The average molecular weight is 258 g/mol. The van der Waals surface area contributed by atoms with Crippen LogP contribution in [0.3, 0.4) is 0 Å². The van der Waals surface area contributed by atoms with Crippen LogP contribution >= 0.6 is 0 Å². The second-order valence-corrected chi connectivity index (χ2v) is 4.51. The Balaban J connectivity index is 2.18. The van der Waals surface area contributed by atoms with Crippen molar-refractivity contribution in [3.8, 4) is 17.2 Å². The molecule has 0 fully saturated rings. The highest BCUT2D eigenvalue weighted by Gasteiger charge is 2.22. The van der Waals surface area contributed by atoms with Crippen molar-refractivity contribution in [3.63, 3.8) is 0 Å². The van der Waals surface area contributed by atoms with Crippen molar-refractivity contribution in [1.29, 1.82) is 0 Å². The number of carbonyl (C=O) groups excluding carboxylic acids is 1. The van der Waals surface area contributed by atoms with Crippen LogP contribution in [0.5, 0.6) is 11.5 Å². The molecule has 1 aliphatic rings. The Labute approximate surface area is 111 Å². The molecular weight excluding hydrogens is 244 g/mol. The Kier molecular flexibility index (Phi) is 2.67. The first-order valence-corrected chi connectivity index (χ1v) is 5.95. The fourth-order valence-electron chi connectivity index (χ4n) is 2.05. The second-order valence-electron chi connectivity index (χ2n) is 4.51. The number of aromatic nitrogens is 1. The molecule has 0 radical (unpaired) electrons. The number of ether oxygens (including phenoxy) is 2. The molecule has 98 valence electrons. The van der Waals surface area contributed by atoms with Gasteiger partial charge in [0.2, 0.25) is 6.79 Å². The standard InChI is InChI=1S/C14H14N2O3/c1-15(2)14(17)10-7-12-13(19-9-18-12)8-11(10)16-5-3-4-6-16/h3-8H,9H2,1-2H3. The summed E-state index contributed by atoms with van der Waals surface area (Å²) in [5.41, 5.74) is 1.37. The highest BCUT2D eigenvalue weighted by Crippen LogP contribution is 2.36. The Morgan fingerprint density at radius 3 is 2.42 bits per heavy atom. The van der Waals surface area contributed by atoms with E-state index in [2.05, 4.69) is 0 Å². The molecule has 5 heteroatoms. The van der Waals surface area contributed by atoms with Crippen LogP contribution in [0.2, 0.25) is 0 Å². The van der Waals surface area contributed by atoms with E-state index in [-0.39, 0.29) is 12.7 Å². The fourth-order valence-corrected chi connectivity index (χ4v) is 2.05. The van der Waals surface area contributed by atoms with E-state index in [0.29, 0.717) is 17.1 Å². The summed E-state index contributed by atoms with van der Waals surface area (Å²) in [5, 5.41) is 0. The van der Waals surface area contributed by atoms with Gasteiger partial charge in [0.05, 0.1) is 11.3 Å². The average Bonchev–Trinajstić information content (AvgIpc) is 3.06. The van der Waals surface area contributed by atoms with Crippen LogP contribution in [0.25, 0.3) is 5.69 Å². The van der Waals surface area contributed by atoms with Crippen molar-refractivity contribution in [2.75, 3.05) is 20.9 Å². The lowest BCUT2D eigenvalue weighted by Crippen LogP contribution is -2.23. The first-order chi connectivity index (χ1) is 9.16. The third-order valence-electron chi connectivity index (χ3n) is 3.01. The molecule has 0 aliphatic carbocycles. The third-order valence-corrected chi connectivity index (χ3v) is 3.01. The molecule has 2 heterocycles. The molecule has 19 heavy (non-hydrogen) atoms. The number of amides is 1. The summed E-state index contributed by atoms with van der Waals surface area (Å²) in [6.07, 6.45) is 3.79. The molecule has 0 saturated heterocycles. The summed E-state index contributed by atoms with van der Waals surface area (Å²) >= 11 is 0. The van der Waals surface area contributed by atoms with Crippen LogP contribution in [0, 0.1) is 0 Å². The van der Waals surface area contributed by atoms with Gasteiger partial charge in [-0.25, -0.2) is 0 Å². The zero-order valence-electron chi connectivity index (χ0n) is 10.8. The molecule has 1 aromatic heterocycles.